The zero-order valence-electron chi connectivity index (χ0n) is 12.7. The molecule has 0 bridgehead atoms. The molecule has 2 N–H and O–H groups in total. The Kier molecular flexibility index (Phi) is 5.85. The summed E-state index contributed by atoms with van der Waals surface area (Å²) < 4.78 is 5.74. The molecule has 2 aliphatic rings. The summed E-state index contributed by atoms with van der Waals surface area (Å²) in [4.78, 5) is 25.5. The highest BCUT2D eigenvalue weighted by molar-refractivity contribution is 5.82. The highest BCUT2D eigenvalue weighted by Gasteiger charge is 2.37. The van der Waals surface area contributed by atoms with Gasteiger partial charge in [-0.2, -0.15) is 0 Å². The van der Waals surface area contributed by atoms with Crippen LogP contribution in [0, 0.1) is 0 Å². The number of amides is 2. The Morgan fingerprint density at radius 1 is 1.38 bits per heavy atom. The molecule has 1 aliphatic carbocycles. The molecule has 0 spiro atoms. The summed E-state index contributed by atoms with van der Waals surface area (Å²) in [6.07, 6.45) is 6.51. The maximum atomic E-state index is 12.4. The van der Waals surface area contributed by atoms with Gasteiger partial charge in [0.25, 0.3) is 0 Å². The minimum absolute atomic E-state index is 0.105. The monoisotopic (exact) mass is 298 g/mol. The molecular formula is C15H26N2O4. The van der Waals surface area contributed by atoms with Gasteiger partial charge in [-0.05, 0) is 19.3 Å². The summed E-state index contributed by atoms with van der Waals surface area (Å²) in [5.74, 6) is -0.953. The lowest BCUT2D eigenvalue weighted by atomic mass is 9.90. The maximum absolute atomic E-state index is 12.4. The van der Waals surface area contributed by atoms with E-state index >= 15 is 0 Å². The number of hydrogen-bond acceptors (Lipinski definition) is 3. The molecule has 1 heterocycles. The van der Waals surface area contributed by atoms with Crippen molar-refractivity contribution in [1.29, 1.82) is 0 Å². The number of unbranched alkanes of at least 4 members (excludes halogenated alkanes) is 1. The third kappa shape index (κ3) is 4.09. The number of nitrogens with one attached hydrogen (secondary N) is 1. The molecule has 1 saturated carbocycles. The quantitative estimate of drug-likeness (QED) is 0.813. The molecule has 6 heteroatoms. The van der Waals surface area contributed by atoms with Crippen LogP contribution in [-0.4, -0.2) is 53.3 Å². The van der Waals surface area contributed by atoms with E-state index in [0.717, 1.165) is 38.5 Å². The minimum atomic E-state index is -0.953. The van der Waals surface area contributed by atoms with Crippen molar-refractivity contribution in [2.45, 2.75) is 70.1 Å². The SMILES string of the molecule is CCCCC(NC(=O)N1CCOC2CCCCC21)C(=O)O. The highest BCUT2D eigenvalue weighted by Crippen LogP contribution is 2.28. The average Bonchev–Trinajstić information content (AvgIpc) is 2.50. The van der Waals surface area contributed by atoms with Crippen molar-refractivity contribution in [2.75, 3.05) is 13.2 Å². The summed E-state index contributed by atoms with van der Waals surface area (Å²) in [5.41, 5.74) is 0. The van der Waals surface area contributed by atoms with E-state index in [1.807, 2.05) is 6.92 Å². The van der Waals surface area contributed by atoms with Gasteiger partial charge in [-0.25, -0.2) is 9.59 Å². The van der Waals surface area contributed by atoms with Crippen molar-refractivity contribution < 1.29 is 19.4 Å². The van der Waals surface area contributed by atoms with Crippen LogP contribution in [0.5, 0.6) is 0 Å². The number of carboxylic acids is 1. The minimum Gasteiger partial charge on any atom is -0.480 e. The highest BCUT2D eigenvalue weighted by atomic mass is 16.5. The van der Waals surface area contributed by atoms with Crippen LogP contribution < -0.4 is 5.32 Å². The number of carboxylic acid groups (broad SMARTS) is 1. The molecule has 0 aromatic rings. The van der Waals surface area contributed by atoms with Gasteiger partial charge in [0.15, 0.2) is 0 Å². The number of rotatable bonds is 5. The van der Waals surface area contributed by atoms with Gasteiger partial charge in [-0.1, -0.05) is 32.6 Å². The van der Waals surface area contributed by atoms with Gasteiger partial charge in [-0.15, -0.1) is 0 Å². The molecule has 1 saturated heterocycles. The third-order valence-electron chi connectivity index (χ3n) is 4.44. The van der Waals surface area contributed by atoms with Crippen LogP contribution >= 0.6 is 0 Å². The second-order valence-electron chi connectivity index (χ2n) is 5.94. The predicted octanol–water partition coefficient (Wildman–Crippen LogP) is 1.98. The largest absolute Gasteiger partial charge is 0.480 e. The smallest absolute Gasteiger partial charge is 0.326 e. The second-order valence-corrected chi connectivity index (χ2v) is 5.94. The summed E-state index contributed by atoms with van der Waals surface area (Å²) in [6, 6.07) is -0.936. The third-order valence-corrected chi connectivity index (χ3v) is 4.44. The summed E-state index contributed by atoms with van der Waals surface area (Å²) in [5, 5.41) is 11.9. The van der Waals surface area contributed by atoms with Crippen LogP contribution in [0.2, 0.25) is 0 Å². The predicted molar refractivity (Wildman–Crippen MR) is 78.2 cm³/mol. The van der Waals surface area contributed by atoms with Crippen LogP contribution in [0.1, 0.15) is 51.9 Å². The number of fused-ring (bicyclic) bond motifs is 1. The number of morpholine rings is 1. The van der Waals surface area contributed by atoms with Crippen LogP contribution in [0.25, 0.3) is 0 Å². The molecule has 6 nitrogen and oxygen atoms in total. The lowest BCUT2D eigenvalue weighted by Crippen LogP contribution is -2.59. The topological polar surface area (TPSA) is 78.9 Å². The van der Waals surface area contributed by atoms with Gasteiger partial charge in [0.05, 0.1) is 18.8 Å². The lowest BCUT2D eigenvalue weighted by Gasteiger charge is -2.43. The maximum Gasteiger partial charge on any atom is 0.326 e. The molecule has 1 aliphatic heterocycles. The van der Waals surface area contributed by atoms with Crippen molar-refractivity contribution in [3.8, 4) is 0 Å². The van der Waals surface area contributed by atoms with Crippen LogP contribution in [0.3, 0.4) is 0 Å². The Morgan fingerprint density at radius 3 is 2.86 bits per heavy atom. The molecule has 2 amide bonds. The van der Waals surface area contributed by atoms with Gasteiger partial charge < -0.3 is 20.1 Å². The number of carbonyl (C=O) groups excluding carboxylic acids is 1. The first kappa shape index (κ1) is 16.1. The number of nitrogens with zero attached hydrogens (tertiary/aromatic N) is 1. The van der Waals surface area contributed by atoms with Gasteiger partial charge in [0, 0.05) is 6.54 Å². The molecule has 3 atom stereocenters. The molecule has 120 valence electrons. The Labute approximate surface area is 125 Å². The number of urea groups is 1. The van der Waals surface area contributed by atoms with Crippen LogP contribution in [-0.2, 0) is 9.53 Å². The zero-order chi connectivity index (χ0) is 15.2. The Bertz CT molecular complexity index is 373. The van der Waals surface area contributed by atoms with Gasteiger partial charge in [0.1, 0.15) is 6.04 Å². The van der Waals surface area contributed by atoms with Crippen LogP contribution in [0.4, 0.5) is 4.79 Å². The fourth-order valence-electron chi connectivity index (χ4n) is 3.25. The summed E-state index contributed by atoms with van der Waals surface area (Å²) in [6.45, 7) is 3.10. The van der Waals surface area contributed by atoms with Crippen molar-refractivity contribution in [2.24, 2.45) is 0 Å². The second kappa shape index (κ2) is 7.64. The molecule has 0 radical (unpaired) electrons. The first-order valence-corrected chi connectivity index (χ1v) is 8.05. The van der Waals surface area contributed by atoms with Gasteiger partial charge in [-0.3, -0.25) is 0 Å². The zero-order valence-corrected chi connectivity index (χ0v) is 12.7. The van der Waals surface area contributed by atoms with E-state index in [9.17, 15) is 14.7 Å². The fourth-order valence-corrected chi connectivity index (χ4v) is 3.25. The Morgan fingerprint density at radius 2 is 2.14 bits per heavy atom. The summed E-state index contributed by atoms with van der Waals surface area (Å²) >= 11 is 0. The van der Waals surface area contributed by atoms with E-state index < -0.39 is 12.0 Å². The Balaban J connectivity index is 1.95. The van der Waals surface area contributed by atoms with Gasteiger partial charge >= 0.3 is 12.0 Å². The van der Waals surface area contributed by atoms with E-state index in [1.54, 1.807) is 4.90 Å². The number of carbonyl (C=O) groups is 2. The average molecular weight is 298 g/mol. The number of aliphatic carboxylic acids is 1. The molecule has 2 fully saturated rings. The molecule has 2 rings (SSSR count). The first-order valence-electron chi connectivity index (χ1n) is 8.05. The van der Waals surface area contributed by atoms with E-state index in [1.165, 1.54) is 0 Å². The van der Waals surface area contributed by atoms with Crippen molar-refractivity contribution >= 4 is 12.0 Å². The molecule has 21 heavy (non-hydrogen) atoms. The molecule has 0 aromatic heterocycles. The first-order chi connectivity index (χ1) is 10.1. The number of hydrogen-bond donors (Lipinski definition) is 2. The lowest BCUT2D eigenvalue weighted by molar-refractivity contribution is -0.139. The van der Waals surface area contributed by atoms with Crippen molar-refractivity contribution in [3.63, 3.8) is 0 Å². The normalized spacial score (nSPS) is 26.8. The molecular weight excluding hydrogens is 272 g/mol. The fraction of sp³-hybridized carbons (Fsp3) is 0.867. The van der Waals surface area contributed by atoms with E-state index in [2.05, 4.69) is 5.32 Å². The Hall–Kier alpha value is -1.30. The van der Waals surface area contributed by atoms with Gasteiger partial charge in [0.2, 0.25) is 0 Å². The van der Waals surface area contributed by atoms with E-state index in [-0.39, 0.29) is 18.2 Å². The van der Waals surface area contributed by atoms with Crippen LogP contribution in [0.15, 0.2) is 0 Å². The van der Waals surface area contributed by atoms with Crippen molar-refractivity contribution in [3.05, 3.63) is 0 Å². The molecule has 3 unspecified atom stereocenters. The van der Waals surface area contributed by atoms with E-state index in [0.29, 0.717) is 19.6 Å². The number of ether oxygens (including phenoxy) is 1. The summed E-state index contributed by atoms with van der Waals surface area (Å²) in [7, 11) is 0. The van der Waals surface area contributed by atoms with Crippen molar-refractivity contribution in [1.82, 2.24) is 10.2 Å². The standard InChI is InChI=1S/C15H26N2O4/c1-2-3-6-11(14(18)19)16-15(20)17-9-10-21-13-8-5-4-7-12(13)17/h11-13H,2-10H2,1H3,(H,16,20)(H,18,19). The van der Waals surface area contributed by atoms with E-state index in [4.69, 9.17) is 4.74 Å². The molecule has 0 aromatic carbocycles.